The maximum Gasteiger partial charge on any atom is 0.271 e. The van der Waals surface area contributed by atoms with Crippen LogP contribution < -0.4 is 0 Å². The molecule has 0 aliphatic heterocycles. The molecule has 1 heterocycles. The molecule has 1 aromatic carbocycles. The maximum absolute atomic E-state index is 14.1. The molecule has 0 N–H and O–H groups in total. The van der Waals surface area contributed by atoms with Gasteiger partial charge in [0.1, 0.15) is 11.5 Å². The lowest BCUT2D eigenvalue weighted by atomic mass is 10.0. The molecule has 4 heteroatoms. The molecule has 2 rings (SSSR count). The summed E-state index contributed by atoms with van der Waals surface area (Å²) in [5, 5.41) is 0. The second-order valence-corrected chi connectivity index (χ2v) is 4.57. The van der Waals surface area contributed by atoms with Crippen molar-refractivity contribution in [2.75, 3.05) is 14.1 Å². The van der Waals surface area contributed by atoms with Gasteiger partial charge in [0.25, 0.3) is 5.91 Å². The van der Waals surface area contributed by atoms with Crippen LogP contribution in [0.25, 0.3) is 11.1 Å². The van der Waals surface area contributed by atoms with Crippen molar-refractivity contribution in [3.63, 3.8) is 0 Å². The standard InChI is InChI=1S/C15H15FN2O.2C2H6/c1-10-5-4-6-12(14(10)16)11-7-8-17-13(9-11)15(19)18(2)3;2*1-2/h4-9H,1-3H3;2*1-2H3. The van der Waals surface area contributed by atoms with Gasteiger partial charge in [0, 0.05) is 25.9 Å². The lowest BCUT2D eigenvalue weighted by Gasteiger charge is -2.11. The molecule has 0 spiro atoms. The van der Waals surface area contributed by atoms with Crippen molar-refractivity contribution in [1.29, 1.82) is 0 Å². The number of pyridine rings is 1. The Kier molecular flexibility index (Phi) is 9.47. The van der Waals surface area contributed by atoms with Crippen LogP contribution in [0.1, 0.15) is 43.7 Å². The zero-order valence-electron chi connectivity index (χ0n) is 15.1. The molecule has 0 saturated carbocycles. The number of aryl methyl sites for hydroxylation is 1. The van der Waals surface area contributed by atoms with Crippen LogP contribution in [0.15, 0.2) is 36.5 Å². The van der Waals surface area contributed by atoms with Gasteiger partial charge in [0.15, 0.2) is 0 Å². The fourth-order valence-corrected chi connectivity index (χ4v) is 1.81. The minimum absolute atomic E-state index is 0.199. The van der Waals surface area contributed by atoms with Crippen LogP contribution in [0.2, 0.25) is 0 Å². The highest BCUT2D eigenvalue weighted by Crippen LogP contribution is 2.24. The van der Waals surface area contributed by atoms with E-state index in [2.05, 4.69) is 4.98 Å². The van der Waals surface area contributed by atoms with E-state index in [0.29, 0.717) is 22.4 Å². The predicted molar refractivity (Wildman–Crippen MR) is 95.1 cm³/mol. The lowest BCUT2D eigenvalue weighted by molar-refractivity contribution is 0.0822. The van der Waals surface area contributed by atoms with Gasteiger partial charge in [-0.25, -0.2) is 4.39 Å². The van der Waals surface area contributed by atoms with E-state index in [1.54, 1.807) is 51.4 Å². The summed E-state index contributed by atoms with van der Waals surface area (Å²) in [7, 11) is 3.31. The van der Waals surface area contributed by atoms with Gasteiger partial charge in [-0.05, 0) is 30.2 Å². The third-order valence-corrected chi connectivity index (χ3v) is 2.89. The van der Waals surface area contributed by atoms with Gasteiger partial charge in [-0.3, -0.25) is 9.78 Å². The molecule has 0 atom stereocenters. The molecule has 1 aromatic heterocycles. The largest absolute Gasteiger partial charge is 0.343 e. The van der Waals surface area contributed by atoms with Crippen molar-refractivity contribution >= 4 is 5.91 Å². The number of carbonyl (C=O) groups is 1. The lowest BCUT2D eigenvalue weighted by Crippen LogP contribution is -2.22. The summed E-state index contributed by atoms with van der Waals surface area (Å²) in [6.45, 7) is 9.71. The maximum atomic E-state index is 14.1. The first-order valence-electron chi connectivity index (χ1n) is 7.94. The van der Waals surface area contributed by atoms with Gasteiger partial charge >= 0.3 is 0 Å². The van der Waals surface area contributed by atoms with E-state index in [1.165, 1.54) is 11.1 Å². The molecule has 0 saturated heterocycles. The number of benzene rings is 1. The van der Waals surface area contributed by atoms with Crippen molar-refractivity contribution in [3.8, 4) is 11.1 Å². The van der Waals surface area contributed by atoms with E-state index in [0.717, 1.165) is 0 Å². The van der Waals surface area contributed by atoms with E-state index in [-0.39, 0.29) is 11.7 Å². The first-order chi connectivity index (χ1) is 11.0. The van der Waals surface area contributed by atoms with Gasteiger partial charge in [-0.15, -0.1) is 0 Å². The van der Waals surface area contributed by atoms with Gasteiger partial charge in [0.2, 0.25) is 0 Å². The molecule has 23 heavy (non-hydrogen) atoms. The fraction of sp³-hybridized carbons (Fsp3) is 0.368. The molecule has 0 fully saturated rings. The highest BCUT2D eigenvalue weighted by Gasteiger charge is 2.13. The number of carbonyl (C=O) groups excluding carboxylic acids is 1. The third kappa shape index (κ3) is 5.47. The first-order valence-corrected chi connectivity index (χ1v) is 7.94. The van der Waals surface area contributed by atoms with Crippen molar-refractivity contribution in [2.24, 2.45) is 0 Å². The molecule has 0 aliphatic carbocycles. The van der Waals surface area contributed by atoms with Gasteiger partial charge in [0.05, 0.1) is 0 Å². The topological polar surface area (TPSA) is 33.2 Å². The Hall–Kier alpha value is -2.23. The van der Waals surface area contributed by atoms with Crippen molar-refractivity contribution in [1.82, 2.24) is 9.88 Å². The monoisotopic (exact) mass is 318 g/mol. The summed E-state index contributed by atoms with van der Waals surface area (Å²) in [5.41, 5.74) is 2.02. The highest BCUT2D eigenvalue weighted by atomic mass is 19.1. The van der Waals surface area contributed by atoms with Crippen LogP contribution in [-0.4, -0.2) is 29.9 Å². The Labute approximate surface area is 139 Å². The summed E-state index contributed by atoms with van der Waals surface area (Å²) < 4.78 is 14.1. The quantitative estimate of drug-likeness (QED) is 0.785. The van der Waals surface area contributed by atoms with E-state index in [1.807, 2.05) is 27.7 Å². The number of rotatable bonds is 2. The molecule has 3 nitrogen and oxygen atoms in total. The zero-order valence-corrected chi connectivity index (χ0v) is 15.1. The normalized spacial score (nSPS) is 9.04. The highest BCUT2D eigenvalue weighted by molar-refractivity contribution is 5.93. The Bertz CT molecular complexity index is 625. The molecule has 1 amide bonds. The Balaban J connectivity index is 0.00000112. The Morgan fingerprint density at radius 1 is 1.09 bits per heavy atom. The zero-order chi connectivity index (χ0) is 18.0. The van der Waals surface area contributed by atoms with Crippen molar-refractivity contribution in [3.05, 3.63) is 53.6 Å². The second kappa shape index (κ2) is 10.5. The molecular formula is C19H27FN2O. The van der Waals surface area contributed by atoms with E-state index >= 15 is 0 Å². The smallest absolute Gasteiger partial charge is 0.271 e. The second-order valence-electron chi connectivity index (χ2n) is 4.57. The van der Waals surface area contributed by atoms with Crippen LogP contribution in [-0.2, 0) is 0 Å². The number of aromatic nitrogens is 1. The van der Waals surface area contributed by atoms with Crippen LogP contribution in [0.4, 0.5) is 4.39 Å². The summed E-state index contributed by atoms with van der Waals surface area (Å²) in [6.07, 6.45) is 1.52. The molecular weight excluding hydrogens is 291 g/mol. The minimum Gasteiger partial charge on any atom is -0.343 e. The first kappa shape index (κ1) is 20.8. The van der Waals surface area contributed by atoms with Crippen molar-refractivity contribution in [2.45, 2.75) is 34.6 Å². The van der Waals surface area contributed by atoms with Crippen molar-refractivity contribution < 1.29 is 9.18 Å². The summed E-state index contributed by atoms with van der Waals surface area (Å²) in [5.74, 6) is -0.466. The van der Waals surface area contributed by atoms with Crippen LogP contribution in [0.3, 0.4) is 0 Å². The average Bonchev–Trinajstić information content (AvgIpc) is 2.60. The Morgan fingerprint density at radius 3 is 2.26 bits per heavy atom. The summed E-state index contributed by atoms with van der Waals surface area (Å²) >= 11 is 0. The fourth-order valence-electron chi connectivity index (χ4n) is 1.81. The number of hydrogen-bond acceptors (Lipinski definition) is 2. The molecule has 0 aliphatic rings. The van der Waals surface area contributed by atoms with Crippen LogP contribution >= 0.6 is 0 Å². The minimum atomic E-state index is -0.267. The van der Waals surface area contributed by atoms with E-state index < -0.39 is 0 Å². The van der Waals surface area contributed by atoms with E-state index in [4.69, 9.17) is 0 Å². The predicted octanol–water partition coefficient (Wildman–Crippen LogP) is 4.95. The molecule has 0 unspecified atom stereocenters. The molecule has 126 valence electrons. The van der Waals surface area contributed by atoms with Gasteiger partial charge in [-0.2, -0.15) is 0 Å². The SMILES string of the molecule is CC.CC.Cc1cccc(-c2ccnc(C(=O)N(C)C)c2)c1F. The molecule has 0 bridgehead atoms. The average molecular weight is 318 g/mol. The number of nitrogens with zero attached hydrogens (tertiary/aromatic N) is 2. The molecule has 2 aromatic rings. The van der Waals surface area contributed by atoms with Crippen LogP contribution in [0.5, 0.6) is 0 Å². The Morgan fingerprint density at radius 2 is 1.70 bits per heavy atom. The number of hydrogen-bond donors (Lipinski definition) is 0. The third-order valence-electron chi connectivity index (χ3n) is 2.89. The summed E-state index contributed by atoms with van der Waals surface area (Å²) in [6, 6.07) is 8.51. The number of halogens is 1. The number of amides is 1. The van der Waals surface area contributed by atoms with E-state index in [9.17, 15) is 9.18 Å². The van der Waals surface area contributed by atoms with Gasteiger partial charge in [-0.1, -0.05) is 45.9 Å². The van der Waals surface area contributed by atoms with Crippen LogP contribution in [0, 0.1) is 12.7 Å². The summed E-state index contributed by atoms with van der Waals surface area (Å²) in [4.78, 5) is 17.3. The molecule has 0 radical (unpaired) electrons. The van der Waals surface area contributed by atoms with Gasteiger partial charge < -0.3 is 4.90 Å².